The molecule has 0 radical (unpaired) electrons. The van der Waals surface area contributed by atoms with Crippen LogP contribution in [0.4, 0.5) is 18.9 Å². The molecule has 1 aromatic rings. The number of nitrogens with one attached hydrogen (secondary N) is 1. The predicted octanol–water partition coefficient (Wildman–Crippen LogP) is 2.94. The Balaban J connectivity index is 1.89. The smallest absolute Gasteiger partial charge is 0.366 e. The highest BCUT2D eigenvalue weighted by atomic mass is 19.4. The summed E-state index contributed by atoms with van der Waals surface area (Å²) in [5.74, 6) is 0. The van der Waals surface area contributed by atoms with E-state index < -0.39 is 12.7 Å². The number of halogens is 3. The number of hydrogen-bond donors (Lipinski definition) is 1. The third kappa shape index (κ3) is 4.22. The summed E-state index contributed by atoms with van der Waals surface area (Å²) in [5, 5.41) is 3.37. The fourth-order valence-corrected chi connectivity index (χ4v) is 1.78. The second kappa shape index (κ2) is 5.18. The predicted molar refractivity (Wildman–Crippen MR) is 65.6 cm³/mol. The van der Waals surface area contributed by atoms with E-state index in [2.05, 4.69) is 5.32 Å². The Morgan fingerprint density at radius 2 is 1.83 bits per heavy atom. The van der Waals surface area contributed by atoms with Crippen LogP contribution in [0.5, 0.6) is 0 Å². The Bertz CT molecular complexity index is 382. The van der Waals surface area contributed by atoms with Gasteiger partial charge in [0.05, 0.1) is 0 Å². The number of nitrogens with zero attached hydrogens (tertiary/aromatic N) is 1. The van der Waals surface area contributed by atoms with E-state index >= 15 is 0 Å². The van der Waals surface area contributed by atoms with Crippen molar-refractivity contribution in [2.45, 2.75) is 31.6 Å². The van der Waals surface area contributed by atoms with Gasteiger partial charge in [-0.05, 0) is 30.5 Å². The summed E-state index contributed by atoms with van der Waals surface area (Å²) in [4.78, 5) is 1.21. The van der Waals surface area contributed by atoms with Gasteiger partial charge >= 0.3 is 6.18 Å². The average Bonchev–Trinajstić information content (AvgIpc) is 3.08. The number of hydrogen-bond acceptors (Lipinski definition) is 2. The molecule has 1 saturated carbocycles. The lowest BCUT2D eigenvalue weighted by molar-refractivity contribution is -0.119. The zero-order valence-electron chi connectivity index (χ0n) is 10.3. The highest BCUT2D eigenvalue weighted by Crippen LogP contribution is 2.22. The van der Waals surface area contributed by atoms with Gasteiger partial charge in [0.1, 0.15) is 6.54 Å². The maximum absolute atomic E-state index is 12.2. The van der Waals surface area contributed by atoms with Crippen molar-refractivity contribution in [2.75, 3.05) is 18.5 Å². The molecule has 0 aromatic heterocycles. The van der Waals surface area contributed by atoms with Gasteiger partial charge in [0.2, 0.25) is 0 Å². The zero-order valence-corrected chi connectivity index (χ0v) is 10.3. The molecule has 0 heterocycles. The van der Waals surface area contributed by atoms with E-state index in [0.717, 1.165) is 12.1 Å². The van der Waals surface area contributed by atoms with E-state index in [1.165, 1.54) is 24.8 Å². The standard InChI is InChI=1S/C13H17F3N2/c1-18(9-13(14,15)16)12-6-2-10(3-7-12)8-17-11-4-5-11/h2-3,6-7,11,17H,4-5,8-9H2,1H3. The first-order valence-electron chi connectivity index (χ1n) is 6.04. The molecule has 0 saturated heterocycles. The van der Waals surface area contributed by atoms with Crippen molar-refractivity contribution in [1.82, 2.24) is 5.32 Å². The van der Waals surface area contributed by atoms with Crippen LogP contribution in [0.25, 0.3) is 0 Å². The SMILES string of the molecule is CN(CC(F)(F)F)c1ccc(CNC2CC2)cc1. The van der Waals surface area contributed by atoms with Crippen molar-refractivity contribution >= 4 is 5.69 Å². The molecule has 18 heavy (non-hydrogen) atoms. The number of anilines is 1. The Morgan fingerprint density at radius 1 is 1.22 bits per heavy atom. The zero-order chi connectivity index (χ0) is 13.2. The van der Waals surface area contributed by atoms with Gasteiger partial charge < -0.3 is 10.2 Å². The van der Waals surface area contributed by atoms with E-state index in [0.29, 0.717) is 11.7 Å². The van der Waals surface area contributed by atoms with Gasteiger partial charge in [-0.25, -0.2) is 0 Å². The van der Waals surface area contributed by atoms with Gasteiger partial charge in [0.15, 0.2) is 0 Å². The summed E-state index contributed by atoms with van der Waals surface area (Å²) in [5.41, 5.74) is 1.69. The van der Waals surface area contributed by atoms with Crippen molar-refractivity contribution in [3.8, 4) is 0 Å². The Hall–Kier alpha value is -1.23. The van der Waals surface area contributed by atoms with Crippen LogP contribution in [0.3, 0.4) is 0 Å². The minimum atomic E-state index is -4.17. The van der Waals surface area contributed by atoms with E-state index in [1.807, 2.05) is 12.1 Å². The maximum Gasteiger partial charge on any atom is 0.405 e. The summed E-state index contributed by atoms with van der Waals surface area (Å²) in [7, 11) is 1.45. The summed E-state index contributed by atoms with van der Waals surface area (Å²) in [6.45, 7) is -0.138. The molecule has 1 aliphatic carbocycles. The molecule has 100 valence electrons. The van der Waals surface area contributed by atoms with Gasteiger partial charge in [0, 0.05) is 25.3 Å². The van der Waals surface area contributed by atoms with E-state index in [1.54, 1.807) is 12.1 Å². The molecule has 0 atom stereocenters. The Morgan fingerprint density at radius 3 is 2.33 bits per heavy atom. The Kier molecular flexibility index (Phi) is 3.80. The van der Waals surface area contributed by atoms with Crippen molar-refractivity contribution in [2.24, 2.45) is 0 Å². The van der Waals surface area contributed by atoms with Crippen LogP contribution in [-0.4, -0.2) is 25.8 Å². The summed E-state index contributed by atoms with van der Waals surface area (Å²) in [6.07, 6.45) is -1.71. The van der Waals surface area contributed by atoms with E-state index in [-0.39, 0.29) is 0 Å². The first-order chi connectivity index (χ1) is 8.44. The van der Waals surface area contributed by atoms with E-state index in [9.17, 15) is 13.2 Å². The van der Waals surface area contributed by atoms with Crippen LogP contribution in [0, 0.1) is 0 Å². The van der Waals surface area contributed by atoms with Crippen LogP contribution in [0.2, 0.25) is 0 Å². The quantitative estimate of drug-likeness (QED) is 0.873. The minimum absolute atomic E-state index is 0.586. The van der Waals surface area contributed by atoms with Gasteiger partial charge in [-0.3, -0.25) is 0 Å². The molecular formula is C13H17F3N2. The van der Waals surface area contributed by atoms with Gasteiger partial charge in [-0.1, -0.05) is 12.1 Å². The lowest BCUT2D eigenvalue weighted by Crippen LogP contribution is -2.30. The highest BCUT2D eigenvalue weighted by molar-refractivity contribution is 5.47. The molecule has 0 bridgehead atoms. The monoisotopic (exact) mass is 258 g/mol. The summed E-state index contributed by atoms with van der Waals surface area (Å²) in [6, 6.07) is 7.85. The van der Waals surface area contributed by atoms with Gasteiger partial charge in [-0.2, -0.15) is 13.2 Å². The lowest BCUT2D eigenvalue weighted by atomic mass is 10.2. The molecular weight excluding hydrogens is 241 g/mol. The number of rotatable bonds is 5. The topological polar surface area (TPSA) is 15.3 Å². The molecule has 0 spiro atoms. The summed E-state index contributed by atoms with van der Waals surface area (Å²) >= 11 is 0. The maximum atomic E-state index is 12.2. The van der Waals surface area contributed by atoms with Gasteiger partial charge in [-0.15, -0.1) is 0 Å². The molecule has 0 amide bonds. The molecule has 5 heteroatoms. The fraction of sp³-hybridized carbons (Fsp3) is 0.538. The number of alkyl halides is 3. The van der Waals surface area contributed by atoms with Crippen molar-refractivity contribution in [1.29, 1.82) is 0 Å². The normalized spacial score (nSPS) is 15.8. The molecule has 1 aliphatic rings. The minimum Gasteiger partial charge on any atom is -0.366 e. The second-order valence-electron chi connectivity index (χ2n) is 4.79. The largest absolute Gasteiger partial charge is 0.405 e. The van der Waals surface area contributed by atoms with Crippen LogP contribution in [0.15, 0.2) is 24.3 Å². The first kappa shape index (κ1) is 13.2. The van der Waals surface area contributed by atoms with Crippen molar-refractivity contribution < 1.29 is 13.2 Å². The molecule has 0 aliphatic heterocycles. The van der Waals surface area contributed by atoms with Crippen LogP contribution in [0.1, 0.15) is 18.4 Å². The molecule has 2 nitrogen and oxygen atoms in total. The molecule has 1 fully saturated rings. The second-order valence-corrected chi connectivity index (χ2v) is 4.79. The van der Waals surface area contributed by atoms with Crippen LogP contribution < -0.4 is 10.2 Å². The number of benzene rings is 1. The fourth-order valence-electron chi connectivity index (χ4n) is 1.78. The first-order valence-corrected chi connectivity index (χ1v) is 6.04. The third-order valence-corrected chi connectivity index (χ3v) is 2.97. The molecule has 2 rings (SSSR count). The Labute approximate surface area is 105 Å². The summed E-state index contributed by atoms with van der Waals surface area (Å²) < 4.78 is 36.7. The van der Waals surface area contributed by atoms with Crippen LogP contribution in [-0.2, 0) is 6.54 Å². The van der Waals surface area contributed by atoms with Crippen molar-refractivity contribution in [3.63, 3.8) is 0 Å². The molecule has 1 N–H and O–H groups in total. The van der Waals surface area contributed by atoms with E-state index in [4.69, 9.17) is 0 Å². The molecule has 1 aromatic carbocycles. The van der Waals surface area contributed by atoms with Gasteiger partial charge in [0.25, 0.3) is 0 Å². The lowest BCUT2D eigenvalue weighted by Gasteiger charge is -2.21. The highest BCUT2D eigenvalue weighted by Gasteiger charge is 2.29. The van der Waals surface area contributed by atoms with Crippen molar-refractivity contribution in [3.05, 3.63) is 29.8 Å². The molecule has 0 unspecified atom stereocenters. The third-order valence-electron chi connectivity index (χ3n) is 2.97. The average molecular weight is 258 g/mol. The van der Waals surface area contributed by atoms with Crippen LogP contribution >= 0.6 is 0 Å².